The highest BCUT2D eigenvalue weighted by atomic mass is 16.1. The van der Waals surface area contributed by atoms with E-state index >= 15 is 0 Å². The first-order valence-corrected chi connectivity index (χ1v) is 6.86. The van der Waals surface area contributed by atoms with Gasteiger partial charge in [-0.3, -0.25) is 4.79 Å². The van der Waals surface area contributed by atoms with Gasteiger partial charge in [-0.15, -0.1) is 0 Å². The summed E-state index contributed by atoms with van der Waals surface area (Å²) in [7, 11) is 1.97. The molecule has 1 N–H and O–H groups in total. The van der Waals surface area contributed by atoms with Crippen molar-refractivity contribution < 1.29 is 0 Å². The summed E-state index contributed by atoms with van der Waals surface area (Å²) in [6.07, 6.45) is 0. The molecule has 0 aliphatic carbocycles. The van der Waals surface area contributed by atoms with E-state index in [1.807, 2.05) is 60.1 Å². The molecular weight excluding hydrogens is 260 g/mol. The Bertz CT molecular complexity index is 967. The number of hydrogen-bond acceptors (Lipinski definition) is 2. The molecule has 3 nitrogen and oxygen atoms in total. The van der Waals surface area contributed by atoms with E-state index < -0.39 is 0 Å². The van der Waals surface area contributed by atoms with Crippen molar-refractivity contribution in [3.63, 3.8) is 0 Å². The van der Waals surface area contributed by atoms with Gasteiger partial charge in [0, 0.05) is 29.3 Å². The minimum absolute atomic E-state index is 0.0225. The number of anilines is 2. The summed E-state index contributed by atoms with van der Waals surface area (Å²) in [5, 5.41) is 4.00. The van der Waals surface area contributed by atoms with Crippen LogP contribution in [0.1, 0.15) is 11.3 Å². The van der Waals surface area contributed by atoms with E-state index in [4.69, 9.17) is 0 Å². The molecule has 102 valence electrons. The zero-order valence-electron chi connectivity index (χ0n) is 11.7. The molecule has 1 aliphatic heterocycles. The third-order valence-corrected chi connectivity index (χ3v) is 4.11. The summed E-state index contributed by atoms with van der Waals surface area (Å²) in [4.78, 5) is 12.8. The largest absolute Gasteiger partial charge is 0.350 e. The SMILES string of the molecule is C=C1c2ccccc2Nc2c1n(C)c1ccccc1c2=O. The Labute approximate surface area is 122 Å². The number of fused-ring (bicyclic) bond motifs is 3. The number of rotatable bonds is 0. The van der Waals surface area contributed by atoms with Crippen LogP contribution in [0, 0.1) is 0 Å². The predicted molar refractivity (Wildman–Crippen MR) is 87.0 cm³/mol. The van der Waals surface area contributed by atoms with Crippen LogP contribution in [0.3, 0.4) is 0 Å². The molecule has 0 spiro atoms. The van der Waals surface area contributed by atoms with Gasteiger partial charge in [-0.25, -0.2) is 0 Å². The standard InChI is InChI=1S/C18H14N2O/c1-11-12-7-3-5-9-14(12)19-16-17(11)20(2)15-10-6-4-8-13(15)18(16)21/h3-10,19H,1H2,2H3. The van der Waals surface area contributed by atoms with Crippen LogP contribution in [0.15, 0.2) is 59.9 Å². The lowest BCUT2D eigenvalue weighted by Gasteiger charge is -2.26. The van der Waals surface area contributed by atoms with E-state index in [1.54, 1.807) is 0 Å². The molecule has 1 aromatic heterocycles. The van der Waals surface area contributed by atoms with Gasteiger partial charge >= 0.3 is 0 Å². The van der Waals surface area contributed by atoms with E-state index in [2.05, 4.69) is 11.9 Å². The third kappa shape index (κ3) is 1.51. The quantitative estimate of drug-likeness (QED) is 0.531. The van der Waals surface area contributed by atoms with Gasteiger partial charge in [0.1, 0.15) is 5.69 Å². The van der Waals surface area contributed by atoms with Gasteiger partial charge in [-0.05, 0) is 18.2 Å². The van der Waals surface area contributed by atoms with Crippen molar-refractivity contribution in [3.05, 3.63) is 76.6 Å². The van der Waals surface area contributed by atoms with Crippen molar-refractivity contribution in [1.82, 2.24) is 4.57 Å². The fourth-order valence-electron chi connectivity index (χ4n) is 3.08. The summed E-state index contributed by atoms with van der Waals surface area (Å²) >= 11 is 0. The van der Waals surface area contributed by atoms with Crippen molar-refractivity contribution in [3.8, 4) is 0 Å². The molecule has 0 atom stereocenters. The van der Waals surface area contributed by atoms with Crippen LogP contribution in [0.5, 0.6) is 0 Å². The number of nitrogens with one attached hydrogen (secondary N) is 1. The van der Waals surface area contributed by atoms with Crippen molar-refractivity contribution in [2.75, 3.05) is 5.32 Å². The molecule has 0 unspecified atom stereocenters. The van der Waals surface area contributed by atoms with E-state index in [-0.39, 0.29) is 5.43 Å². The van der Waals surface area contributed by atoms with Gasteiger partial charge in [0.2, 0.25) is 5.43 Å². The summed E-state index contributed by atoms with van der Waals surface area (Å²) in [6.45, 7) is 4.21. The second-order valence-electron chi connectivity index (χ2n) is 5.28. The van der Waals surface area contributed by atoms with Crippen LogP contribution in [-0.2, 0) is 7.05 Å². The maximum absolute atomic E-state index is 12.8. The first-order valence-electron chi connectivity index (χ1n) is 6.86. The smallest absolute Gasteiger partial charge is 0.213 e. The summed E-state index contributed by atoms with van der Waals surface area (Å²) in [5.41, 5.74) is 5.26. The maximum atomic E-state index is 12.8. The fourth-order valence-corrected chi connectivity index (χ4v) is 3.08. The molecule has 21 heavy (non-hydrogen) atoms. The van der Waals surface area contributed by atoms with Crippen molar-refractivity contribution in [2.24, 2.45) is 7.05 Å². The molecular formula is C18H14N2O. The molecule has 4 rings (SSSR count). The molecule has 1 aliphatic rings. The average molecular weight is 274 g/mol. The molecule has 3 aromatic rings. The minimum Gasteiger partial charge on any atom is -0.350 e. The molecule has 0 radical (unpaired) electrons. The van der Waals surface area contributed by atoms with Crippen LogP contribution >= 0.6 is 0 Å². The average Bonchev–Trinajstić information content (AvgIpc) is 2.52. The Balaban J connectivity index is 2.15. The lowest BCUT2D eigenvalue weighted by Crippen LogP contribution is -2.21. The number of aryl methyl sites for hydroxylation is 1. The molecule has 0 fully saturated rings. The van der Waals surface area contributed by atoms with E-state index in [1.165, 1.54) is 0 Å². The maximum Gasteiger partial charge on any atom is 0.213 e. The Morgan fingerprint density at radius 1 is 1.05 bits per heavy atom. The third-order valence-electron chi connectivity index (χ3n) is 4.11. The zero-order valence-corrected chi connectivity index (χ0v) is 11.7. The van der Waals surface area contributed by atoms with E-state index in [9.17, 15) is 4.79 Å². The van der Waals surface area contributed by atoms with Gasteiger partial charge in [0.25, 0.3) is 0 Å². The molecule has 2 heterocycles. The van der Waals surface area contributed by atoms with Crippen LogP contribution in [0.2, 0.25) is 0 Å². The summed E-state index contributed by atoms with van der Waals surface area (Å²) < 4.78 is 2.04. The topological polar surface area (TPSA) is 34.0 Å². The lowest BCUT2D eigenvalue weighted by atomic mass is 9.95. The number of pyridine rings is 1. The Hall–Kier alpha value is -2.81. The summed E-state index contributed by atoms with van der Waals surface area (Å²) in [6, 6.07) is 15.6. The van der Waals surface area contributed by atoms with Crippen LogP contribution in [0.4, 0.5) is 11.4 Å². The normalized spacial score (nSPS) is 12.7. The fraction of sp³-hybridized carbons (Fsp3) is 0.0556. The highest BCUT2D eigenvalue weighted by molar-refractivity contribution is 5.98. The molecule has 0 amide bonds. The van der Waals surface area contributed by atoms with Crippen molar-refractivity contribution in [2.45, 2.75) is 0 Å². The summed E-state index contributed by atoms with van der Waals surface area (Å²) in [5.74, 6) is 0. The van der Waals surface area contributed by atoms with Crippen LogP contribution in [-0.4, -0.2) is 4.57 Å². The lowest BCUT2D eigenvalue weighted by molar-refractivity contribution is 0.929. The molecule has 0 saturated carbocycles. The van der Waals surface area contributed by atoms with Gasteiger partial charge in [-0.2, -0.15) is 0 Å². The van der Waals surface area contributed by atoms with E-state index in [0.29, 0.717) is 5.69 Å². The number of aromatic nitrogens is 1. The molecule has 2 aromatic carbocycles. The number of hydrogen-bond donors (Lipinski definition) is 1. The highest BCUT2D eigenvalue weighted by Crippen LogP contribution is 2.38. The minimum atomic E-state index is 0.0225. The van der Waals surface area contributed by atoms with Gasteiger partial charge in [0.05, 0.1) is 11.2 Å². The van der Waals surface area contributed by atoms with E-state index in [0.717, 1.165) is 33.4 Å². The second-order valence-corrected chi connectivity index (χ2v) is 5.28. The second kappa shape index (κ2) is 4.09. The highest BCUT2D eigenvalue weighted by Gasteiger charge is 2.24. The van der Waals surface area contributed by atoms with Gasteiger partial charge < -0.3 is 9.88 Å². The molecule has 0 bridgehead atoms. The number of benzene rings is 2. The number of para-hydroxylation sites is 2. The Kier molecular flexibility index (Phi) is 2.33. The van der Waals surface area contributed by atoms with Crippen LogP contribution < -0.4 is 10.7 Å². The van der Waals surface area contributed by atoms with Crippen molar-refractivity contribution >= 4 is 27.9 Å². The first kappa shape index (κ1) is 12.0. The molecule has 3 heteroatoms. The zero-order chi connectivity index (χ0) is 14.6. The Morgan fingerprint density at radius 2 is 1.76 bits per heavy atom. The predicted octanol–water partition coefficient (Wildman–Crippen LogP) is 3.66. The van der Waals surface area contributed by atoms with Gasteiger partial charge in [-0.1, -0.05) is 36.9 Å². The van der Waals surface area contributed by atoms with Gasteiger partial charge in [0.15, 0.2) is 0 Å². The van der Waals surface area contributed by atoms with Crippen molar-refractivity contribution in [1.29, 1.82) is 0 Å². The molecule has 0 saturated heterocycles. The first-order chi connectivity index (χ1) is 10.2. The Morgan fingerprint density at radius 3 is 2.62 bits per heavy atom. The number of nitrogens with zero attached hydrogens (tertiary/aromatic N) is 1. The monoisotopic (exact) mass is 274 g/mol. The van der Waals surface area contributed by atoms with Crippen LogP contribution in [0.25, 0.3) is 16.5 Å².